The molecule has 1 aromatic heterocycles. The van der Waals surface area contributed by atoms with E-state index in [1.807, 2.05) is 18.2 Å². The van der Waals surface area contributed by atoms with Gasteiger partial charge in [0.2, 0.25) is 12.5 Å². The van der Waals surface area contributed by atoms with Crippen LogP contribution in [0.5, 0.6) is 17.2 Å². The first kappa shape index (κ1) is 13.0. The average molecular weight is 280 g/mol. The molecule has 0 unspecified atom stereocenters. The molecule has 1 aromatic carbocycles. The highest BCUT2D eigenvalue weighted by Gasteiger charge is 2.19. The molecule has 0 radical (unpaired) electrons. The second kappa shape index (κ2) is 5.55. The highest BCUT2D eigenvalue weighted by atomic mass is 16.7. The largest absolute Gasteiger partial charge is 0.493 e. The number of pyridine rings is 1. The number of aromatic nitrogens is 1. The maximum absolute atomic E-state index is 9.32. The molecule has 0 atom stereocenters. The van der Waals surface area contributed by atoms with Crippen molar-refractivity contribution in [1.82, 2.24) is 4.98 Å². The van der Waals surface area contributed by atoms with E-state index in [9.17, 15) is 5.26 Å². The summed E-state index contributed by atoms with van der Waals surface area (Å²) in [5, 5.41) is 9.32. The predicted octanol–water partition coefficient (Wildman–Crippen LogP) is 2.88. The molecule has 104 valence electrons. The van der Waals surface area contributed by atoms with Crippen molar-refractivity contribution in [3.8, 4) is 23.3 Å². The Morgan fingerprint density at radius 3 is 3.00 bits per heavy atom. The Labute approximate surface area is 122 Å². The van der Waals surface area contributed by atoms with Crippen LogP contribution in [0, 0.1) is 11.3 Å². The lowest BCUT2D eigenvalue weighted by molar-refractivity contribution is 0.171. The lowest BCUT2D eigenvalue weighted by Gasteiger charge is -2.06. The van der Waals surface area contributed by atoms with Gasteiger partial charge in [0.25, 0.3) is 0 Å². The fourth-order valence-electron chi connectivity index (χ4n) is 2.09. The fraction of sp³-hybridized carbons (Fsp3) is 0.125. The summed E-state index contributed by atoms with van der Waals surface area (Å²) in [6, 6.07) is 11.2. The van der Waals surface area contributed by atoms with E-state index < -0.39 is 0 Å². The third-order valence-electron chi connectivity index (χ3n) is 3.05. The molecule has 3 rings (SSSR count). The molecule has 0 amide bonds. The third kappa shape index (κ3) is 2.51. The van der Waals surface area contributed by atoms with Gasteiger partial charge in [-0.3, -0.25) is 4.98 Å². The van der Waals surface area contributed by atoms with Crippen LogP contribution in [0.3, 0.4) is 0 Å². The first-order valence-corrected chi connectivity index (χ1v) is 6.32. The molecule has 1 aliphatic heterocycles. The second-order valence-electron chi connectivity index (χ2n) is 4.34. The summed E-state index contributed by atoms with van der Waals surface area (Å²) < 4.78 is 16.0. The Hall–Kier alpha value is -3.00. The van der Waals surface area contributed by atoms with E-state index in [1.165, 1.54) is 0 Å². The Morgan fingerprint density at radius 1 is 1.38 bits per heavy atom. The summed E-state index contributed by atoms with van der Waals surface area (Å²) in [6.07, 6.45) is 3.40. The van der Waals surface area contributed by atoms with Crippen molar-refractivity contribution in [2.24, 2.45) is 0 Å². The van der Waals surface area contributed by atoms with Gasteiger partial charge in [-0.05, 0) is 35.9 Å². The third-order valence-corrected chi connectivity index (χ3v) is 3.05. The number of allylic oxidation sites excluding steroid dienone is 1. The molecule has 0 bridgehead atoms. The van der Waals surface area contributed by atoms with E-state index in [4.69, 9.17) is 14.2 Å². The molecule has 21 heavy (non-hydrogen) atoms. The van der Waals surface area contributed by atoms with E-state index in [0.29, 0.717) is 28.5 Å². The minimum Gasteiger partial charge on any atom is -0.493 e. The molecule has 0 aliphatic carbocycles. The van der Waals surface area contributed by atoms with Crippen LogP contribution in [0.2, 0.25) is 0 Å². The molecule has 1 aliphatic rings. The van der Waals surface area contributed by atoms with Crippen LogP contribution in [-0.2, 0) is 0 Å². The molecular formula is C16H12N2O3. The molecule has 0 N–H and O–H groups in total. The molecule has 5 heteroatoms. The van der Waals surface area contributed by atoms with Gasteiger partial charge in [0.05, 0.1) is 18.4 Å². The number of nitrogens with zero attached hydrogens (tertiary/aromatic N) is 2. The Balaban J connectivity index is 2.05. The number of rotatable bonds is 3. The number of methoxy groups -OCH3 is 1. The van der Waals surface area contributed by atoms with Crippen molar-refractivity contribution in [3.05, 3.63) is 47.8 Å². The fourth-order valence-corrected chi connectivity index (χ4v) is 2.09. The summed E-state index contributed by atoms with van der Waals surface area (Å²) in [5.74, 6) is 1.78. The Morgan fingerprint density at radius 2 is 2.29 bits per heavy atom. The summed E-state index contributed by atoms with van der Waals surface area (Å²) >= 11 is 0. The van der Waals surface area contributed by atoms with Gasteiger partial charge in [-0.2, -0.15) is 5.26 Å². The molecule has 0 saturated carbocycles. The molecule has 0 fully saturated rings. The monoisotopic (exact) mass is 280 g/mol. The van der Waals surface area contributed by atoms with Crippen LogP contribution in [0.1, 0.15) is 11.3 Å². The predicted molar refractivity (Wildman–Crippen MR) is 76.8 cm³/mol. The zero-order valence-corrected chi connectivity index (χ0v) is 11.4. The first-order valence-electron chi connectivity index (χ1n) is 6.32. The van der Waals surface area contributed by atoms with Crippen LogP contribution in [-0.4, -0.2) is 18.9 Å². The normalized spacial score (nSPS) is 12.9. The quantitative estimate of drug-likeness (QED) is 0.809. The van der Waals surface area contributed by atoms with Crippen LogP contribution < -0.4 is 14.2 Å². The molecule has 5 nitrogen and oxygen atoms in total. The topological polar surface area (TPSA) is 64.4 Å². The Bertz CT molecular complexity index is 733. The number of benzene rings is 1. The molecular weight excluding hydrogens is 268 g/mol. The van der Waals surface area contributed by atoms with Crippen molar-refractivity contribution < 1.29 is 14.2 Å². The van der Waals surface area contributed by atoms with E-state index >= 15 is 0 Å². The van der Waals surface area contributed by atoms with E-state index in [-0.39, 0.29) is 6.79 Å². The van der Waals surface area contributed by atoms with E-state index in [0.717, 1.165) is 5.56 Å². The van der Waals surface area contributed by atoms with Crippen LogP contribution in [0.15, 0.2) is 36.5 Å². The van der Waals surface area contributed by atoms with Gasteiger partial charge in [0.1, 0.15) is 6.07 Å². The number of nitriles is 1. The smallest absolute Gasteiger partial charge is 0.231 e. The van der Waals surface area contributed by atoms with Gasteiger partial charge in [-0.15, -0.1) is 0 Å². The highest BCUT2D eigenvalue weighted by Crippen LogP contribution is 2.42. The summed E-state index contributed by atoms with van der Waals surface area (Å²) in [4.78, 5) is 4.18. The van der Waals surface area contributed by atoms with Crippen molar-refractivity contribution >= 4 is 11.6 Å². The van der Waals surface area contributed by atoms with Gasteiger partial charge in [-0.25, -0.2) is 0 Å². The SMILES string of the molecule is COc1cc(/C=C(\C#N)c2ccccn2)cc2c1OCO2. The lowest BCUT2D eigenvalue weighted by atomic mass is 10.1. The van der Waals surface area contributed by atoms with Crippen LogP contribution in [0.4, 0.5) is 0 Å². The van der Waals surface area contributed by atoms with Crippen molar-refractivity contribution in [2.75, 3.05) is 13.9 Å². The van der Waals surface area contributed by atoms with E-state index in [2.05, 4.69) is 11.1 Å². The number of fused-ring (bicyclic) bond motifs is 1. The van der Waals surface area contributed by atoms with Crippen LogP contribution >= 0.6 is 0 Å². The van der Waals surface area contributed by atoms with Crippen molar-refractivity contribution in [1.29, 1.82) is 5.26 Å². The molecule has 2 aromatic rings. The number of ether oxygens (including phenoxy) is 3. The summed E-state index contributed by atoms with van der Waals surface area (Å²) in [6.45, 7) is 0.171. The number of hydrogen-bond donors (Lipinski definition) is 0. The van der Waals surface area contributed by atoms with Crippen molar-refractivity contribution in [3.63, 3.8) is 0 Å². The minimum atomic E-state index is 0.171. The maximum atomic E-state index is 9.32. The zero-order chi connectivity index (χ0) is 14.7. The lowest BCUT2D eigenvalue weighted by Crippen LogP contribution is -1.93. The second-order valence-corrected chi connectivity index (χ2v) is 4.34. The van der Waals surface area contributed by atoms with E-state index in [1.54, 1.807) is 31.5 Å². The summed E-state index contributed by atoms with van der Waals surface area (Å²) in [7, 11) is 1.56. The van der Waals surface area contributed by atoms with Crippen LogP contribution in [0.25, 0.3) is 11.6 Å². The van der Waals surface area contributed by atoms with Gasteiger partial charge < -0.3 is 14.2 Å². The van der Waals surface area contributed by atoms with Gasteiger partial charge in [0, 0.05) is 6.20 Å². The molecule has 0 spiro atoms. The Kier molecular flexibility index (Phi) is 3.44. The average Bonchev–Trinajstić information content (AvgIpc) is 3.01. The zero-order valence-electron chi connectivity index (χ0n) is 11.4. The molecule has 0 saturated heterocycles. The van der Waals surface area contributed by atoms with Gasteiger partial charge in [0.15, 0.2) is 11.5 Å². The maximum Gasteiger partial charge on any atom is 0.231 e. The standard InChI is InChI=1S/C16H12N2O3/c1-19-14-7-11(8-15-16(14)21-10-20-15)6-12(9-17)13-4-2-3-5-18-13/h2-8H,10H2,1H3/b12-6+. The van der Waals surface area contributed by atoms with Crippen molar-refractivity contribution in [2.45, 2.75) is 0 Å². The highest BCUT2D eigenvalue weighted by molar-refractivity contribution is 5.88. The van der Waals surface area contributed by atoms with Gasteiger partial charge in [-0.1, -0.05) is 6.07 Å². The molecule has 2 heterocycles. The number of hydrogen-bond acceptors (Lipinski definition) is 5. The summed E-state index contributed by atoms with van der Waals surface area (Å²) in [5.41, 5.74) is 1.88. The first-order chi connectivity index (χ1) is 10.3. The van der Waals surface area contributed by atoms with Gasteiger partial charge >= 0.3 is 0 Å². The minimum absolute atomic E-state index is 0.171.